The molecule has 0 fully saturated rings. The topological polar surface area (TPSA) is 12.0 Å². The second-order valence-corrected chi connectivity index (χ2v) is 5.77. The summed E-state index contributed by atoms with van der Waals surface area (Å²) in [4.78, 5) is 0.550. The van der Waals surface area contributed by atoms with E-state index in [1.54, 1.807) is 18.2 Å². The Labute approximate surface area is 126 Å². The largest absolute Gasteiger partial charge is 0.380 e. The van der Waals surface area contributed by atoms with Crippen molar-refractivity contribution in [2.45, 2.75) is 24.1 Å². The van der Waals surface area contributed by atoms with E-state index in [-0.39, 0.29) is 0 Å². The average molecular weight is 314 g/mol. The van der Waals surface area contributed by atoms with Gasteiger partial charge in [-0.25, -0.2) is 0 Å². The van der Waals surface area contributed by atoms with Gasteiger partial charge in [0.25, 0.3) is 5.76 Å². The minimum Gasteiger partial charge on any atom is -0.380 e. The predicted octanol–water partition coefficient (Wildman–Crippen LogP) is 5.58. The number of thioether (sulfide) groups is 1. The van der Waals surface area contributed by atoms with Crippen LogP contribution in [-0.4, -0.2) is 5.76 Å². The maximum atomic E-state index is 12.5. The summed E-state index contributed by atoms with van der Waals surface area (Å²) in [5, 5.41) is 3.89. The van der Waals surface area contributed by atoms with Crippen LogP contribution in [0, 0.1) is 6.92 Å². The first-order valence-corrected chi connectivity index (χ1v) is 7.35. The molecule has 1 N–H and O–H groups in total. The van der Waals surface area contributed by atoms with E-state index in [0.29, 0.717) is 33.9 Å². The minimum atomic E-state index is -2.42. The Hall–Kier alpha value is -1.26. The van der Waals surface area contributed by atoms with Gasteiger partial charge in [0.05, 0.1) is 0 Å². The van der Waals surface area contributed by atoms with Crippen molar-refractivity contribution in [3.63, 3.8) is 0 Å². The van der Waals surface area contributed by atoms with Crippen molar-refractivity contribution in [2.75, 3.05) is 5.32 Å². The summed E-state index contributed by atoms with van der Waals surface area (Å²) in [5.74, 6) is -2.42. The third kappa shape index (κ3) is 4.12. The second kappa shape index (κ2) is 6.95. The van der Waals surface area contributed by atoms with Gasteiger partial charge >= 0.3 is 0 Å². The van der Waals surface area contributed by atoms with Crippen LogP contribution in [0.25, 0.3) is 0 Å². The van der Waals surface area contributed by atoms with E-state index >= 15 is 0 Å². The summed E-state index contributed by atoms with van der Waals surface area (Å²) in [5.41, 5.74) is 2.88. The molecule has 0 aliphatic carbocycles. The molecular weight excluding hydrogens is 300 g/mol. The summed E-state index contributed by atoms with van der Waals surface area (Å²) < 4.78 is 25.0. The fourth-order valence-electron chi connectivity index (χ4n) is 1.86. The molecule has 0 aromatic heterocycles. The molecule has 1 nitrogen and oxygen atoms in total. The highest BCUT2D eigenvalue weighted by Gasteiger charge is 2.09. The number of hydrogen-bond acceptors (Lipinski definition) is 2. The zero-order valence-electron chi connectivity index (χ0n) is 10.9. The van der Waals surface area contributed by atoms with E-state index in [0.717, 1.165) is 11.1 Å². The first-order chi connectivity index (χ1) is 9.56. The first kappa shape index (κ1) is 15.1. The minimum absolute atomic E-state index is 0.550. The molecular formula is C15H14ClF2NS. The summed E-state index contributed by atoms with van der Waals surface area (Å²) in [6.07, 6.45) is 0. The van der Waals surface area contributed by atoms with Gasteiger partial charge in [0.1, 0.15) is 0 Å². The van der Waals surface area contributed by atoms with Gasteiger partial charge in [0.2, 0.25) is 0 Å². The van der Waals surface area contributed by atoms with E-state index in [2.05, 4.69) is 5.32 Å². The number of anilines is 1. The predicted molar refractivity (Wildman–Crippen MR) is 81.8 cm³/mol. The summed E-state index contributed by atoms with van der Waals surface area (Å²) >= 11 is 6.46. The Balaban J connectivity index is 2.10. The zero-order valence-corrected chi connectivity index (χ0v) is 12.4. The monoisotopic (exact) mass is 313 g/mol. The molecule has 0 bridgehead atoms. The van der Waals surface area contributed by atoms with Crippen molar-refractivity contribution in [2.24, 2.45) is 0 Å². The smallest absolute Gasteiger partial charge is 0.288 e. The van der Waals surface area contributed by atoms with Crippen LogP contribution in [0.4, 0.5) is 14.5 Å². The van der Waals surface area contributed by atoms with Crippen molar-refractivity contribution in [3.05, 3.63) is 58.6 Å². The number of halogens is 3. The van der Waals surface area contributed by atoms with Crippen molar-refractivity contribution in [3.8, 4) is 0 Å². The molecule has 20 heavy (non-hydrogen) atoms. The fraction of sp³-hybridized carbons (Fsp3) is 0.200. The van der Waals surface area contributed by atoms with Gasteiger partial charge in [-0.3, -0.25) is 0 Å². The number of aryl methyl sites for hydroxylation is 1. The van der Waals surface area contributed by atoms with Crippen LogP contribution in [0.3, 0.4) is 0 Å². The normalized spacial score (nSPS) is 10.8. The molecule has 2 aromatic carbocycles. The van der Waals surface area contributed by atoms with E-state index in [1.807, 2.05) is 31.2 Å². The molecule has 106 valence electrons. The molecule has 0 unspecified atom stereocenters. The molecule has 0 amide bonds. The van der Waals surface area contributed by atoms with E-state index in [1.165, 1.54) is 0 Å². The summed E-state index contributed by atoms with van der Waals surface area (Å²) in [7, 11) is 0. The van der Waals surface area contributed by atoms with Crippen LogP contribution < -0.4 is 5.32 Å². The lowest BCUT2D eigenvalue weighted by Crippen LogP contribution is -2.02. The maximum absolute atomic E-state index is 12.5. The highest BCUT2D eigenvalue weighted by Crippen LogP contribution is 2.32. The van der Waals surface area contributed by atoms with Crippen LogP contribution in [0.2, 0.25) is 5.02 Å². The average Bonchev–Trinajstić information content (AvgIpc) is 2.39. The first-order valence-electron chi connectivity index (χ1n) is 6.09. The molecule has 0 saturated carbocycles. The van der Waals surface area contributed by atoms with Crippen molar-refractivity contribution < 1.29 is 8.78 Å². The number of rotatable bonds is 5. The number of alkyl halides is 2. The van der Waals surface area contributed by atoms with Crippen LogP contribution in [0.5, 0.6) is 0 Å². The Morgan fingerprint density at radius 1 is 1.20 bits per heavy atom. The Bertz CT molecular complexity index is 590. The van der Waals surface area contributed by atoms with Crippen LogP contribution in [0.1, 0.15) is 11.1 Å². The van der Waals surface area contributed by atoms with Gasteiger partial charge in [-0.05, 0) is 42.3 Å². The zero-order chi connectivity index (χ0) is 14.5. The Kier molecular flexibility index (Phi) is 5.26. The Morgan fingerprint density at radius 2 is 1.95 bits per heavy atom. The molecule has 0 aliphatic rings. The quantitative estimate of drug-likeness (QED) is 0.724. The summed E-state index contributed by atoms with van der Waals surface area (Å²) in [6, 6.07) is 12.7. The van der Waals surface area contributed by atoms with Crippen molar-refractivity contribution >= 4 is 29.1 Å². The number of benzene rings is 2. The summed E-state index contributed by atoms with van der Waals surface area (Å²) in [6.45, 7) is 2.55. The van der Waals surface area contributed by atoms with Crippen molar-refractivity contribution in [1.82, 2.24) is 0 Å². The van der Waals surface area contributed by atoms with Crippen molar-refractivity contribution in [1.29, 1.82) is 0 Å². The molecule has 0 aliphatic heterocycles. The highest BCUT2D eigenvalue weighted by molar-refractivity contribution is 7.99. The van der Waals surface area contributed by atoms with E-state index < -0.39 is 5.76 Å². The Morgan fingerprint density at radius 3 is 2.65 bits per heavy atom. The van der Waals surface area contributed by atoms with Gasteiger partial charge in [0, 0.05) is 22.2 Å². The number of hydrogen-bond donors (Lipinski definition) is 1. The van der Waals surface area contributed by atoms with Gasteiger partial charge < -0.3 is 5.32 Å². The van der Waals surface area contributed by atoms with E-state index in [4.69, 9.17) is 11.6 Å². The molecule has 2 rings (SSSR count). The van der Waals surface area contributed by atoms with Gasteiger partial charge in [0.15, 0.2) is 0 Å². The molecule has 5 heteroatoms. The maximum Gasteiger partial charge on any atom is 0.288 e. The molecule has 0 radical (unpaired) electrons. The number of para-hydroxylation sites is 1. The molecule has 2 aromatic rings. The number of nitrogens with one attached hydrogen (secondary N) is 1. The molecule has 0 heterocycles. The third-order valence-electron chi connectivity index (χ3n) is 2.88. The molecule has 0 atom stereocenters. The third-order valence-corrected chi connectivity index (χ3v) is 3.90. The fourth-order valence-corrected chi connectivity index (χ4v) is 2.70. The highest BCUT2D eigenvalue weighted by atomic mass is 35.5. The SMILES string of the molecule is Cc1cc(Cl)ccc1CNc1ccccc1SC(F)F. The molecule has 0 saturated heterocycles. The van der Waals surface area contributed by atoms with Crippen LogP contribution >= 0.6 is 23.4 Å². The van der Waals surface area contributed by atoms with Gasteiger partial charge in [-0.2, -0.15) is 8.78 Å². The van der Waals surface area contributed by atoms with Gasteiger partial charge in [-0.1, -0.05) is 41.6 Å². The van der Waals surface area contributed by atoms with Crippen LogP contribution in [0.15, 0.2) is 47.4 Å². The lowest BCUT2D eigenvalue weighted by atomic mass is 10.1. The second-order valence-electron chi connectivity index (χ2n) is 4.30. The standard InChI is InChI=1S/C15H14ClF2NS/c1-10-8-12(16)7-6-11(10)9-19-13-4-2-3-5-14(13)20-15(17)18/h2-8,15,19H,9H2,1H3. The van der Waals surface area contributed by atoms with Crippen LogP contribution in [-0.2, 0) is 6.54 Å². The molecule has 0 spiro atoms. The van der Waals surface area contributed by atoms with Gasteiger partial charge in [-0.15, -0.1) is 0 Å². The van der Waals surface area contributed by atoms with E-state index in [9.17, 15) is 8.78 Å². The lowest BCUT2D eigenvalue weighted by molar-refractivity contribution is 0.252. The lowest BCUT2D eigenvalue weighted by Gasteiger charge is -2.13.